The van der Waals surface area contributed by atoms with Crippen LogP contribution < -0.4 is 5.32 Å². The van der Waals surface area contributed by atoms with Gasteiger partial charge in [0.2, 0.25) is 0 Å². The standard InChI is InChI=1S/C23H26N4O3/c1-27-22(14-4-3-5-14)19(12-24-27)23(28)25-20-9-7-15-10-16(6-8-18(15)20)21-11-17(13-29-2)30-26-21/h6,8,10-12,14,20H,3-5,7,9,13H2,1-2H3,(H,25,28)/t20-/m1/s1. The van der Waals surface area contributed by atoms with E-state index in [1.165, 1.54) is 17.5 Å². The van der Waals surface area contributed by atoms with Gasteiger partial charge in [-0.05, 0) is 42.9 Å². The summed E-state index contributed by atoms with van der Waals surface area (Å²) in [5, 5.41) is 11.7. The second-order valence-corrected chi connectivity index (χ2v) is 8.28. The first kappa shape index (κ1) is 19.1. The number of benzene rings is 1. The molecule has 0 bridgehead atoms. The lowest BCUT2D eigenvalue weighted by Crippen LogP contribution is -2.29. The number of aromatic nitrogens is 3. The van der Waals surface area contributed by atoms with Crippen molar-refractivity contribution in [2.75, 3.05) is 7.11 Å². The molecule has 0 spiro atoms. The molecule has 30 heavy (non-hydrogen) atoms. The smallest absolute Gasteiger partial charge is 0.255 e. The predicted octanol–water partition coefficient (Wildman–Crippen LogP) is 3.91. The van der Waals surface area contributed by atoms with Crippen molar-refractivity contribution in [3.8, 4) is 11.3 Å². The van der Waals surface area contributed by atoms with Crippen molar-refractivity contribution in [2.45, 2.75) is 50.7 Å². The van der Waals surface area contributed by atoms with Crippen molar-refractivity contribution in [1.82, 2.24) is 20.3 Å². The Hall–Kier alpha value is -2.93. The minimum atomic E-state index is -0.0207. The molecular weight excluding hydrogens is 380 g/mol. The molecule has 1 saturated carbocycles. The number of nitrogens with one attached hydrogen (secondary N) is 1. The molecule has 156 valence electrons. The third-order valence-corrected chi connectivity index (χ3v) is 6.39. The molecule has 0 aliphatic heterocycles. The van der Waals surface area contributed by atoms with E-state index >= 15 is 0 Å². The Labute approximate surface area is 175 Å². The molecule has 0 saturated heterocycles. The van der Waals surface area contributed by atoms with Crippen LogP contribution in [0, 0.1) is 0 Å². The molecule has 0 unspecified atom stereocenters. The number of carbonyl (C=O) groups is 1. The molecule has 7 nitrogen and oxygen atoms in total. The third kappa shape index (κ3) is 3.33. The minimum Gasteiger partial charge on any atom is -0.377 e. The maximum atomic E-state index is 13.0. The molecule has 5 rings (SSSR count). The van der Waals surface area contributed by atoms with E-state index in [0.717, 1.165) is 48.2 Å². The van der Waals surface area contributed by atoms with Crippen LogP contribution in [0.3, 0.4) is 0 Å². The van der Waals surface area contributed by atoms with E-state index in [0.29, 0.717) is 18.3 Å². The van der Waals surface area contributed by atoms with Crippen molar-refractivity contribution in [2.24, 2.45) is 7.05 Å². The lowest BCUT2D eigenvalue weighted by atomic mass is 9.81. The van der Waals surface area contributed by atoms with Crippen molar-refractivity contribution < 1.29 is 14.1 Å². The Morgan fingerprint density at radius 3 is 2.93 bits per heavy atom. The summed E-state index contributed by atoms with van der Waals surface area (Å²) in [6, 6.07) is 8.23. The zero-order valence-electron chi connectivity index (χ0n) is 17.4. The lowest BCUT2D eigenvalue weighted by molar-refractivity contribution is 0.0934. The molecule has 2 aromatic heterocycles. The summed E-state index contributed by atoms with van der Waals surface area (Å²) in [5.41, 5.74) is 6.05. The summed E-state index contributed by atoms with van der Waals surface area (Å²) < 4.78 is 12.3. The van der Waals surface area contributed by atoms with Gasteiger partial charge in [0, 0.05) is 31.7 Å². The average molecular weight is 406 g/mol. The fraction of sp³-hybridized carbons (Fsp3) is 0.435. The summed E-state index contributed by atoms with van der Waals surface area (Å²) in [4.78, 5) is 13.0. The zero-order valence-corrected chi connectivity index (χ0v) is 17.4. The Balaban J connectivity index is 1.33. The highest BCUT2D eigenvalue weighted by atomic mass is 16.5. The van der Waals surface area contributed by atoms with Crippen molar-refractivity contribution in [3.63, 3.8) is 0 Å². The van der Waals surface area contributed by atoms with Crippen LogP contribution in [0.15, 0.2) is 35.0 Å². The van der Waals surface area contributed by atoms with Crippen LogP contribution in [0.25, 0.3) is 11.3 Å². The quantitative estimate of drug-likeness (QED) is 0.671. The van der Waals surface area contributed by atoms with Crippen LogP contribution in [-0.2, 0) is 24.8 Å². The molecule has 7 heteroatoms. The van der Waals surface area contributed by atoms with Gasteiger partial charge in [-0.15, -0.1) is 0 Å². The van der Waals surface area contributed by atoms with Gasteiger partial charge in [-0.3, -0.25) is 9.48 Å². The number of aryl methyl sites for hydroxylation is 2. The summed E-state index contributed by atoms with van der Waals surface area (Å²) in [5.74, 6) is 1.15. The van der Waals surface area contributed by atoms with E-state index in [2.05, 4.69) is 27.7 Å². The van der Waals surface area contributed by atoms with Gasteiger partial charge in [-0.2, -0.15) is 5.10 Å². The molecule has 1 fully saturated rings. The number of ether oxygens (including phenoxy) is 1. The highest BCUT2D eigenvalue weighted by Crippen LogP contribution is 2.38. The Morgan fingerprint density at radius 2 is 2.17 bits per heavy atom. The van der Waals surface area contributed by atoms with Gasteiger partial charge >= 0.3 is 0 Å². The Morgan fingerprint density at radius 1 is 1.30 bits per heavy atom. The summed E-state index contributed by atoms with van der Waals surface area (Å²) in [6.07, 6.45) is 7.06. The van der Waals surface area contributed by atoms with Crippen LogP contribution in [0.1, 0.15) is 70.6 Å². The maximum absolute atomic E-state index is 13.0. The van der Waals surface area contributed by atoms with E-state index < -0.39 is 0 Å². The molecule has 2 aliphatic carbocycles. The number of nitrogens with zero attached hydrogens (tertiary/aromatic N) is 3. The number of amides is 1. The fourth-order valence-corrected chi connectivity index (χ4v) is 4.61. The van der Waals surface area contributed by atoms with E-state index in [1.54, 1.807) is 13.3 Å². The van der Waals surface area contributed by atoms with Crippen LogP contribution in [0.5, 0.6) is 0 Å². The van der Waals surface area contributed by atoms with E-state index in [1.807, 2.05) is 23.9 Å². The van der Waals surface area contributed by atoms with Crippen LogP contribution in [0.4, 0.5) is 0 Å². The predicted molar refractivity (Wildman–Crippen MR) is 111 cm³/mol. The van der Waals surface area contributed by atoms with E-state index in [-0.39, 0.29) is 11.9 Å². The Bertz CT molecular complexity index is 1080. The zero-order chi connectivity index (χ0) is 20.7. The van der Waals surface area contributed by atoms with Crippen molar-refractivity contribution in [1.29, 1.82) is 0 Å². The number of methoxy groups -OCH3 is 1. The number of fused-ring (bicyclic) bond motifs is 1. The summed E-state index contributed by atoms with van der Waals surface area (Å²) >= 11 is 0. The largest absolute Gasteiger partial charge is 0.377 e. The summed E-state index contributed by atoms with van der Waals surface area (Å²) in [7, 11) is 3.56. The molecule has 3 aromatic rings. The van der Waals surface area contributed by atoms with Gasteiger partial charge in [-0.25, -0.2) is 0 Å². The highest BCUT2D eigenvalue weighted by molar-refractivity contribution is 5.95. The SMILES string of the molecule is COCc1cc(-c2ccc3c(c2)CC[C@H]3NC(=O)c2cnn(C)c2C2CCC2)no1. The minimum absolute atomic E-state index is 0.0207. The van der Waals surface area contributed by atoms with Crippen molar-refractivity contribution >= 4 is 5.91 Å². The van der Waals surface area contributed by atoms with Gasteiger partial charge < -0.3 is 14.6 Å². The second-order valence-electron chi connectivity index (χ2n) is 8.28. The molecule has 1 amide bonds. The molecule has 1 atom stereocenters. The first-order chi connectivity index (χ1) is 14.6. The molecule has 2 heterocycles. The molecule has 1 aromatic carbocycles. The van der Waals surface area contributed by atoms with Crippen LogP contribution in [-0.4, -0.2) is 28.0 Å². The topological polar surface area (TPSA) is 82.2 Å². The fourth-order valence-electron chi connectivity index (χ4n) is 4.61. The third-order valence-electron chi connectivity index (χ3n) is 6.39. The lowest BCUT2D eigenvalue weighted by Gasteiger charge is -2.26. The van der Waals surface area contributed by atoms with Crippen molar-refractivity contribution in [3.05, 3.63) is 58.6 Å². The van der Waals surface area contributed by atoms with Gasteiger partial charge in [-0.1, -0.05) is 23.7 Å². The van der Waals surface area contributed by atoms with Gasteiger partial charge in [0.25, 0.3) is 5.91 Å². The number of rotatable bonds is 6. The van der Waals surface area contributed by atoms with E-state index in [9.17, 15) is 4.79 Å². The molecule has 0 radical (unpaired) electrons. The highest BCUT2D eigenvalue weighted by Gasteiger charge is 2.30. The van der Waals surface area contributed by atoms with E-state index in [4.69, 9.17) is 9.26 Å². The van der Waals surface area contributed by atoms with Gasteiger partial charge in [0.1, 0.15) is 12.3 Å². The Kier molecular flexibility index (Phi) is 4.90. The molecule has 2 aliphatic rings. The average Bonchev–Trinajstić information content (AvgIpc) is 3.41. The van der Waals surface area contributed by atoms with Crippen LogP contribution >= 0.6 is 0 Å². The molecule has 1 N–H and O–H groups in total. The monoisotopic (exact) mass is 406 g/mol. The first-order valence-corrected chi connectivity index (χ1v) is 10.5. The number of hydrogen-bond acceptors (Lipinski definition) is 5. The molecular formula is C23H26N4O3. The second kappa shape index (κ2) is 7.72. The normalized spacial score (nSPS) is 18.3. The number of carbonyl (C=O) groups excluding carboxylic acids is 1. The first-order valence-electron chi connectivity index (χ1n) is 10.5. The summed E-state index contributed by atoms with van der Waals surface area (Å²) in [6.45, 7) is 0.406. The van der Waals surface area contributed by atoms with Gasteiger partial charge in [0.05, 0.1) is 23.5 Å². The maximum Gasteiger partial charge on any atom is 0.255 e. The van der Waals surface area contributed by atoms with Gasteiger partial charge in [0.15, 0.2) is 5.76 Å². The number of hydrogen-bond donors (Lipinski definition) is 1. The van der Waals surface area contributed by atoms with Crippen LogP contribution in [0.2, 0.25) is 0 Å².